The second-order valence-corrected chi connectivity index (χ2v) is 5.67. The van der Waals surface area contributed by atoms with Crippen LogP contribution in [0.5, 0.6) is 5.75 Å². The molecule has 0 aliphatic carbocycles. The maximum Gasteiger partial charge on any atom is 0.224 e. The molecule has 0 spiro atoms. The lowest BCUT2D eigenvalue weighted by Gasteiger charge is -2.15. The first kappa shape index (κ1) is 18.5. The molecule has 0 saturated carbocycles. The Balaban J connectivity index is 2.78. The summed E-state index contributed by atoms with van der Waals surface area (Å²) < 4.78 is 5.67. The molecule has 1 atom stereocenters. The molecule has 0 aliphatic heterocycles. The van der Waals surface area contributed by atoms with Gasteiger partial charge in [0, 0.05) is 12.5 Å². The predicted molar refractivity (Wildman–Crippen MR) is 92.4 cm³/mol. The standard InChI is InChI=1S/C18H30N2O2/c1-4-7-9-18(21)20-16-11-10-14(12-15(19)8-5-2)13-17(16)22-6-3/h10-11,13,15H,4-9,12,19H2,1-3H3,(H,20,21). The minimum atomic E-state index is 0.0400. The first-order valence-electron chi connectivity index (χ1n) is 8.41. The Morgan fingerprint density at radius 1 is 1.27 bits per heavy atom. The van der Waals surface area contributed by atoms with Gasteiger partial charge in [0.15, 0.2) is 0 Å². The third-order valence-corrected chi connectivity index (χ3v) is 3.53. The van der Waals surface area contributed by atoms with Crippen LogP contribution >= 0.6 is 0 Å². The van der Waals surface area contributed by atoms with Crippen LogP contribution in [0, 0.1) is 0 Å². The highest BCUT2D eigenvalue weighted by Gasteiger charge is 2.10. The fraction of sp³-hybridized carbons (Fsp3) is 0.611. The molecule has 1 aromatic carbocycles. The lowest BCUT2D eigenvalue weighted by Crippen LogP contribution is -2.22. The first-order valence-corrected chi connectivity index (χ1v) is 8.41. The second-order valence-electron chi connectivity index (χ2n) is 5.67. The Hall–Kier alpha value is -1.55. The van der Waals surface area contributed by atoms with Gasteiger partial charge in [0.2, 0.25) is 5.91 Å². The van der Waals surface area contributed by atoms with E-state index in [9.17, 15) is 4.79 Å². The predicted octanol–water partition coefficient (Wildman–Crippen LogP) is 3.88. The summed E-state index contributed by atoms with van der Waals surface area (Å²) in [6, 6.07) is 6.11. The second kappa shape index (κ2) is 10.2. The van der Waals surface area contributed by atoms with Gasteiger partial charge in [-0.1, -0.05) is 32.8 Å². The largest absolute Gasteiger partial charge is 0.492 e. The van der Waals surface area contributed by atoms with E-state index < -0.39 is 0 Å². The van der Waals surface area contributed by atoms with Crippen molar-refractivity contribution in [3.63, 3.8) is 0 Å². The molecular formula is C18H30N2O2. The van der Waals surface area contributed by atoms with Crippen molar-refractivity contribution in [2.45, 2.75) is 65.3 Å². The Bertz CT molecular complexity index is 460. The Morgan fingerprint density at radius 2 is 2.05 bits per heavy atom. The number of carbonyl (C=O) groups excluding carboxylic acids is 1. The smallest absolute Gasteiger partial charge is 0.224 e. The van der Waals surface area contributed by atoms with E-state index in [0.29, 0.717) is 13.0 Å². The van der Waals surface area contributed by atoms with Crippen LogP contribution in [0.3, 0.4) is 0 Å². The van der Waals surface area contributed by atoms with Crippen LogP contribution in [0.1, 0.15) is 58.4 Å². The van der Waals surface area contributed by atoms with Crippen LogP contribution in [0.4, 0.5) is 5.69 Å². The van der Waals surface area contributed by atoms with Gasteiger partial charge in [-0.15, -0.1) is 0 Å². The molecule has 1 unspecified atom stereocenters. The van der Waals surface area contributed by atoms with Crippen LogP contribution in [-0.4, -0.2) is 18.6 Å². The number of nitrogens with two attached hydrogens (primary N) is 1. The normalized spacial score (nSPS) is 12.0. The summed E-state index contributed by atoms with van der Waals surface area (Å²) in [6.07, 6.45) is 5.40. The van der Waals surface area contributed by atoms with E-state index in [0.717, 1.165) is 49.1 Å². The molecule has 124 valence electrons. The van der Waals surface area contributed by atoms with Crippen molar-refractivity contribution in [2.75, 3.05) is 11.9 Å². The minimum Gasteiger partial charge on any atom is -0.492 e. The van der Waals surface area contributed by atoms with E-state index in [1.54, 1.807) is 0 Å². The van der Waals surface area contributed by atoms with Crippen LogP contribution in [0.25, 0.3) is 0 Å². The number of unbranched alkanes of at least 4 members (excludes halogenated alkanes) is 1. The zero-order valence-corrected chi connectivity index (χ0v) is 14.2. The summed E-state index contributed by atoms with van der Waals surface area (Å²) in [5.74, 6) is 0.770. The third kappa shape index (κ3) is 6.48. The lowest BCUT2D eigenvalue weighted by atomic mass is 10.0. The molecule has 1 rings (SSSR count). The maximum absolute atomic E-state index is 11.9. The molecule has 0 saturated heterocycles. The SMILES string of the molecule is CCCCC(=O)Nc1ccc(CC(N)CCC)cc1OCC. The fourth-order valence-electron chi connectivity index (χ4n) is 2.40. The highest BCUT2D eigenvalue weighted by molar-refractivity contribution is 5.92. The quantitative estimate of drug-likeness (QED) is 0.689. The minimum absolute atomic E-state index is 0.0400. The van der Waals surface area contributed by atoms with Crippen molar-refractivity contribution in [1.29, 1.82) is 0 Å². The maximum atomic E-state index is 11.9. The number of ether oxygens (including phenoxy) is 1. The average molecular weight is 306 g/mol. The van der Waals surface area contributed by atoms with E-state index in [1.165, 1.54) is 0 Å². The highest BCUT2D eigenvalue weighted by Crippen LogP contribution is 2.27. The zero-order chi connectivity index (χ0) is 16.4. The van der Waals surface area contributed by atoms with Crippen molar-refractivity contribution < 1.29 is 9.53 Å². The molecule has 0 heterocycles. The van der Waals surface area contributed by atoms with E-state index >= 15 is 0 Å². The summed E-state index contributed by atoms with van der Waals surface area (Å²) in [5.41, 5.74) is 8.00. The number of anilines is 1. The number of amides is 1. The van der Waals surface area contributed by atoms with Crippen LogP contribution in [-0.2, 0) is 11.2 Å². The topological polar surface area (TPSA) is 64.4 Å². The molecule has 22 heavy (non-hydrogen) atoms. The van der Waals surface area contributed by atoms with Gasteiger partial charge in [0.05, 0.1) is 12.3 Å². The van der Waals surface area contributed by atoms with E-state index in [2.05, 4.69) is 19.2 Å². The monoisotopic (exact) mass is 306 g/mol. The number of carbonyl (C=O) groups is 1. The van der Waals surface area contributed by atoms with Crippen LogP contribution in [0.15, 0.2) is 18.2 Å². The Kier molecular flexibility index (Phi) is 8.60. The zero-order valence-electron chi connectivity index (χ0n) is 14.2. The van der Waals surface area contributed by atoms with E-state index in [4.69, 9.17) is 10.5 Å². The summed E-state index contributed by atoms with van der Waals surface area (Å²) in [7, 11) is 0. The lowest BCUT2D eigenvalue weighted by molar-refractivity contribution is -0.116. The van der Waals surface area contributed by atoms with Crippen molar-refractivity contribution in [2.24, 2.45) is 5.73 Å². The number of rotatable bonds is 10. The number of benzene rings is 1. The van der Waals surface area contributed by atoms with Gasteiger partial charge in [0.25, 0.3) is 0 Å². The van der Waals surface area contributed by atoms with E-state index in [1.807, 2.05) is 25.1 Å². The van der Waals surface area contributed by atoms with Crippen molar-refractivity contribution in [1.82, 2.24) is 0 Å². The van der Waals surface area contributed by atoms with Crippen molar-refractivity contribution in [3.8, 4) is 5.75 Å². The molecule has 1 amide bonds. The number of hydrogen-bond donors (Lipinski definition) is 2. The molecule has 0 bridgehead atoms. The molecule has 0 aromatic heterocycles. The molecule has 0 aliphatic rings. The van der Waals surface area contributed by atoms with E-state index in [-0.39, 0.29) is 11.9 Å². The van der Waals surface area contributed by atoms with Gasteiger partial charge < -0.3 is 15.8 Å². The molecule has 0 fully saturated rings. The summed E-state index contributed by atoms with van der Waals surface area (Å²) in [5, 5.41) is 2.94. The molecule has 1 aromatic rings. The van der Waals surface area contributed by atoms with Gasteiger partial charge in [-0.2, -0.15) is 0 Å². The fourth-order valence-corrected chi connectivity index (χ4v) is 2.40. The summed E-state index contributed by atoms with van der Waals surface area (Å²) >= 11 is 0. The Morgan fingerprint density at radius 3 is 2.68 bits per heavy atom. The van der Waals surface area contributed by atoms with Crippen molar-refractivity contribution in [3.05, 3.63) is 23.8 Å². The van der Waals surface area contributed by atoms with Gasteiger partial charge >= 0.3 is 0 Å². The van der Waals surface area contributed by atoms with Crippen LogP contribution in [0.2, 0.25) is 0 Å². The molecule has 0 radical (unpaired) electrons. The Labute approximate surface area is 134 Å². The average Bonchev–Trinajstić information content (AvgIpc) is 2.48. The van der Waals surface area contributed by atoms with Crippen molar-refractivity contribution >= 4 is 11.6 Å². The third-order valence-electron chi connectivity index (χ3n) is 3.53. The molecule has 3 N–H and O–H groups in total. The number of hydrogen-bond acceptors (Lipinski definition) is 3. The summed E-state index contributed by atoms with van der Waals surface area (Å²) in [6.45, 7) is 6.73. The van der Waals surface area contributed by atoms with Gasteiger partial charge in [-0.05, 0) is 43.9 Å². The molecular weight excluding hydrogens is 276 g/mol. The van der Waals surface area contributed by atoms with Crippen LogP contribution < -0.4 is 15.8 Å². The first-order chi connectivity index (χ1) is 10.6. The summed E-state index contributed by atoms with van der Waals surface area (Å²) in [4.78, 5) is 11.9. The molecule has 4 nitrogen and oxygen atoms in total. The van der Waals surface area contributed by atoms with Gasteiger partial charge in [-0.25, -0.2) is 0 Å². The number of nitrogens with one attached hydrogen (secondary N) is 1. The molecule has 4 heteroatoms. The van der Waals surface area contributed by atoms with Gasteiger partial charge in [-0.3, -0.25) is 4.79 Å². The highest BCUT2D eigenvalue weighted by atomic mass is 16.5. The van der Waals surface area contributed by atoms with Gasteiger partial charge in [0.1, 0.15) is 5.75 Å².